The zero-order chi connectivity index (χ0) is 17.9. The van der Waals surface area contributed by atoms with Gasteiger partial charge in [0.25, 0.3) is 0 Å². The Balaban J connectivity index is 1.61. The minimum atomic E-state index is 0.0161. The van der Waals surface area contributed by atoms with E-state index in [1.165, 1.54) is 0 Å². The van der Waals surface area contributed by atoms with Crippen molar-refractivity contribution in [2.45, 2.75) is 18.9 Å². The van der Waals surface area contributed by atoms with E-state index < -0.39 is 0 Å². The van der Waals surface area contributed by atoms with Crippen LogP contribution < -0.4 is 5.32 Å². The van der Waals surface area contributed by atoms with E-state index in [-0.39, 0.29) is 6.10 Å². The lowest BCUT2D eigenvalue weighted by Crippen LogP contribution is -2.29. The van der Waals surface area contributed by atoms with Gasteiger partial charge in [-0.3, -0.25) is 9.67 Å². The van der Waals surface area contributed by atoms with Gasteiger partial charge in [0.05, 0.1) is 22.5 Å². The molecule has 6 heteroatoms. The predicted octanol–water partition coefficient (Wildman–Crippen LogP) is 3.42. The SMILES string of the molecule is Cn1nccc1[C@@H]1OCCC[C@H]1CNc1c(C#N)cnc2ccccc12. The van der Waals surface area contributed by atoms with Crippen molar-refractivity contribution in [1.82, 2.24) is 14.8 Å². The van der Waals surface area contributed by atoms with E-state index in [1.807, 2.05) is 48.3 Å². The second-order valence-corrected chi connectivity index (χ2v) is 6.63. The third-order valence-corrected chi connectivity index (χ3v) is 5.03. The molecule has 26 heavy (non-hydrogen) atoms. The van der Waals surface area contributed by atoms with Gasteiger partial charge < -0.3 is 10.1 Å². The van der Waals surface area contributed by atoms with Crippen LogP contribution >= 0.6 is 0 Å². The topological polar surface area (TPSA) is 75.8 Å². The average Bonchev–Trinajstić information content (AvgIpc) is 3.12. The molecule has 2 atom stereocenters. The number of aromatic nitrogens is 3. The number of anilines is 1. The molecule has 3 aromatic rings. The molecule has 0 amide bonds. The number of hydrogen-bond acceptors (Lipinski definition) is 5. The number of hydrogen-bond donors (Lipinski definition) is 1. The number of pyridine rings is 1. The van der Waals surface area contributed by atoms with Gasteiger partial charge in [0.2, 0.25) is 0 Å². The molecule has 1 aliphatic heterocycles. The molecule has 4 rings (SSSR count). The monoisotopic (exact) mass is 347 g/mol. The molecule has 1 aromatic carbocycles. The lowest BCUT2D eigenvalue weighted by Gasteiger charge is -2.32. The Hall–Kier alpha value is -2.91. The summed E-state index contributed by atoms with van der Waals surface area (Å²) < 4.78 is 7.95. The molecule has 6 nitrogen and oxygen atoms in total. The summed E-state index contributed by atoms with van der Waals surface area (Å²) in [5.74, 6) is 0.317. The average molecular weight is 347 g/mol. The van der Waals surface area contributed by atoms with Crippen LogP contribution in [0.15, 0.2) is 42.7 Å². The molecule has 132 valence electrons. The Morgan fingerprint density at radius 1 is 1.35 bits per heavy atom. The zero-order valence-electron chi connectivity index (χ0n) is 14.7. The lowest BCUT2D eigenvalue weighted by molar-refractivity contribution is -0.0284. The van der Waals surface area contributed by atoms with Gasteiger partial charge in [-0.15, -0.1) is 0 Å². The first kappa shape index (κ1) is 16.6. The smallest absolute Gasteiger partial charge is 0.104 e. The summed E-state index contributed by atoms with van der Waals surface area (Å²) in [6, 6.07) is 12.2. The summed E-state index contributed by atoms with van der Waals surface area (Å²) >= 11 is 0. The summed E-state index contributed by atoms with van der Waals surface area (Å²) in [7, 11) is 1.95. The van der Waals surface area contributed by atoms with E-state index in [0.29, 0.717) is 11.5 Å². The van der Waals surface area contributed by atoms with E-state index in [0.717, 1.165) is 48.3 Å². The Morgan fingerprint density at radius 3 is 3.04 bits per heavy atom. The quantitative estimate of drug-likeness (QED) is 0.782. The maximum Gasteiger partial charge on any atom is 0.104 e. The Morgan fingerprint density at radius 2 is 2.23 bits per heavy atom. The largest absolute Gasteiger partial charge is 0.383 e. The van der Waals surface area contributed by atoms with Crippen LogP contribution in [0.25, 0.3) is 10.9 Å². The van der Waals surface area contributed by atoms with Crippen molar-refractivity contribution in [1.29, 1.82) is 5.26 Å². The molecular weight excluding hydrogens is 326 g/mol. The Labute approximate surface area is 152 Å². The van der Waals surface area contributed by atoms with E-state index in [2.05, 4.69) is 21.5 Å². The van der Waals surface area contributed by atoms with Crippen molar-refractivity contribution in [3.05, 3.63) is 54.0 Å². The summed E-state index contributed by atoms with van der Waals surface area (Å²) in [5.41, 5.74) is 3.40. The van der Waals surface area contributed by atoms with Gasteiger partial charge in [-0.1, -0.05) is 18.2 Å². The third kappa shape index (κ3) is 3.02. The standard InChI is InChI=1S/C20H21N5O/c1-25-18(8-9-24-25)20-14(5-4-10-26-20)12-23-19-15(11-21)13-22-17-7-3-2-6-16(17)19/h2-3,6-9,13-14,20H,4-5,10,12H2,1H3,(H,22,23)/t14-,20+/m0/s1. The number of aryl methyl sites for hydroxylation is 1. The second-order valence-electron chi connectivity index (χ2n) is 6.63. The van der Waals surface area contributed by atoms with Crippen LogP contribution in [0.5, 0.6) is 0 Å². The number of nitrogens with zero attached hydrogens (tertiary/aromatic N) is 4. The van der Waals surface area contributed by atoms with Crippen molar-refractivity contribution in [3.8, 4) is 6.07 Å². The molecular formula is C20H21N5O. The molecule has 1 N–H and O–H groups in total. The van der Waals surface area contributed by atoms with Gasteiger partial charge in [0.1, 0.15) is 12.2 Å². The highest BCUT2D eigenvalue weighted by atomic mass is 16.5. The van der Waals surface area contributed by atoms with E-state index in [4.69, 9.17) is 4.74 Å². The van der Waals surface area contributed by atoms with Crippen LogP contribution in [-0.4, -0.2) is 27.9 Å². The van der Waals surface area contributed by atoms with E-state index in [9.17, 15) is 5.26 Å². The van der Waals surface area contributed by atoms with Gasteiger partial charge in [-0.05, 0) is 25.0 Å². The van der Waals surface area contributed by atoms with Crippen molar-refractivity contribution in [2.24, 2.45) is 13.0 Å². The Kier molecular flexibility index (Phi) is 4.55. The zero-order valence-corrected chi connectivity index (χ0v) is 14.7. The minimum Gasteiger partial charge on any atom is -0.383 e. The first-order chi connectivity index (χ1) is 12.8. The number of fused-ring (bicyclic) bond motifs is 1. The predicted molar refractivity (Wildman–Crippen MR) is 99.6 cm³/mol. The van der Waals surface area contributed by atoms with Crippen LogP contribution in [0.3, 0.4) is 0 Å². The van der Waals surface area contributed by atoms with Crippen LogP contribution in [0.2, 0.25) is 0 Å². The van der Waals surface area contributed by atoms with Gasteiger partial charge in [-0.25, -0.2) is 0 Å². The van der Waals surface area contributed by atoms with Crippen molar-refractivity contribution >= 4 is 16.6 Å². The summed E-state index contributed by atoms with van der Waals surface area (Å²) in [6.07, 6.45) is 5.58. The first-order valence-corrected chi connectivity index (χ1v) is 8.89. The highest BCUT2D eigenvalue weighted by molar-refractivity contribution is 5.93. The van der Waals surface area contributed by atoms with Crippen LogP contribution in [0, 0.1) is 17.2 Å². The second kappa shape index (κ2) is 7.14. The summed E-state index contributed by atoms with van der Waals surface area (Å²) in [5, 5.41) is 18.3. The van der Waals surface area contributed by atoms with Crippen molar-refractivity contribution < 1.29 is 4.74 Å². The number of benzene rings is 1. The fourth-order valence-corrected chi connectivity index (χ4v) is 3.69. The summed E-state index contributed by atoms with van der Waals surface area (Å²) in [6.45, 7) is 1.51. The molecule has 0 unspecified atom stereocenters. The highest BCUT2D eigenvalue weighted by Crippen LogP contribution is 2.34. The number of nitrogens with one attached hydrogen (secondary N) is 1. The van der Waals surface area contributed by atoms with Gasteiger partial charge in [0, 0.05) is 43.9 Å². The molecule has 0 bridgehead atoms. The van der Waals surface area contributed by atoms with Crippen molar-refractivity contribution in [3.63, 3.8) is 0 Å². The van der Waals surface area contributed by atoms with Crippen LogP contribution in [0.1, 0.15) is 30.2 Å². The molecule has 3 heterocycles. The number of ether oxygens (including phenoxy) is 1. The molecule has 0 saturated carbocycles. The van der Waals surface area contributed by atoms with E-state index in [1.54, 1.807) is 6.20 Å². The molecule has 1 fully saturated rings. The van der Waals surface area contributed by atoms with Gasteiger partial charge in [-0.2, -0.15) is 10.4 Å². The first-order valence-electron chi connectivity index (χ1n) is 8.89. The summed E-state index contributed by atoms with van der Waals surface area (Å²) in [4.78, 5) is 4.38. The molecule has 2 aromatic heterocycles. The molecule has 0 radical (unpaired) electrons. The minimum absolute atomic E-state index is 0.0161. The molecule has 0 aliphatic carbocycles. The normalized spacial score (nSPS) is 20.0. The number of para-hydroxylation sites is 1. The maximum absolute atomic E-state index is 9.49. The van der Waals surface area contributed by atoms with Gasteiger partial charge >= 0.3 is 0 Å². The molecule has 0 spiro atoms. The highest BCUT2D eigenvalue weighted by Gasteiger charge is 2.29. The molecule has 1 aliphatic rings. The lowest BCUT2D eigenvalue weighted by atomic mass is 9.91. The van der Waals surface area contributed by atoms with Crippen molar-refractivity contribution in [2.75, 3.05) is 18.5 Å². The maximum atomic E-state index is 9.49. The fourth-order valence-electron chi connectivity index (χ4n) is 3.69. The van der Waals surface area contributed by atoms with Crippen LogP contribution in [-0.2, 0) is 11.8 Å². The van der Waals surface area contributed by atoms with E-state index >= 15 is 0 Å². The Bertz CT molecular complexity index is 958. The third-order valence-electron chi connectivity index (χ3n) is 5.03. The molecule has 1 saturated heterocycles. The van der Waals surface area contributed by atoms with Gasteiger partial charge in [0.15, 0.2) is 0 Å². The number of rotatable bonds is 4. The number of nitriles is 1. The fraction of sp³-hybridized carbons (Fsp3) is 0.350. The van der Waals surface area contributed by atoms with Crippen LogP contribution in [0.4, 0.5) is 5.69 Å².